The molecule has 0 saturated carbocycles. The van der Waals surface area contributed by atoms with E-state index in [-0.39, 0.29) is 6.04 Å². The normalized spacial score (nSPS) is 12.8. The Balaban J connectivity index is 3.05. The lowest BCUT2D eigenvalue weighted by atomic mass is 10.4. The van der Waals surface area contributed by atoms with Gasteiger partial charge in [-0.05, 0) is 6.92 Å². The predicted octanol–water partition coefficient (Wildman–Crippen LogP) is -0.998. The van der Waals surface area contributed by atoms with E-state index in [2.05, 4.69) is 5.32 Å². The Kier molecular flexibility index (Phi) is 2.95. The van der Waals surface area contributed by atoms with Crippen molar-refractivity contribution in [3.63, 3.8) is 0 Å². The fourth-order valence-corrected chi connectivity index (χ4v) is 0.262. The summed E-state index contributed by atoms with van der Waals surface area (Å²) in [6.45, 7) is 2.23. The van der Waals surface area contributed by atoms with Crippen LogP contribution in [0.4, 0.5) is 4.79 Å². The molecule has 0 aliphatic carbocycles. The van der Waals surface area contributed by atoms with Crippen LogP contribution in [0.1, 0.15) is 6.92 Å². The number of nitrogens with one attached hydrogen (secondary N) is 1. The maximum atomic E-state index is 9.96. The second kappa shape index (κ2) is 3.26. The number of carbonyl (C=O) groups excluding carboxylic acids is 1. The van der Waals surface area contributed by atoms with Crippen molar-refractivity contribution in [3.8, 4) is 0 Å². The topological polar surface area (TPSA) is 81.1 Å². The molecule has 0 bridgehead atoms. The van der Waals surface area contributed by atoms with E-state index in [1.54, 1.807) is 6.92 Å². The van der Waals surface area contributed by atoms with E-state index in [9.17, 15) is 4.79 Å². The minimum absolute atomic E-state index is 0.0255. The predicted molar refractivity (Wildman–Crippen MR) is 31.2 cm³/mol. The van der Waals surface area contributed by atoms with Gasteiger partial charge in [-0.25, -0.2) is 4.79 Å². The maximum absolute atomic E-state index is 9.96. The van der Waals surface area contributed by atoms with Gasteiger partial charge in [0.05, 0.1) is 0 Å². The lowest BCUT2D eigenvalue weighted by Gasteiger charge is -2.02. The molecule has 0 saturated heterocycles. The Morgan fingerprint density at radius 2 is 2.38 bits per heavy atom. The van der Waals surface area contributed by atoms with Gasteiger partial charge in [0.2, 0.25) is 0 Å². The molecule has 0 radical (unpaired) electrons. The maximum Gasteiger partial charge on any atom is 0.312 e. The molecule has 4 heteroatoms. The second-order valence-electron chi connectivity index (χ2n) is 1.72. The Morgan fingerprint density at radius 1 is 1.88 bits per heavy atom. The number of amides is 2. The number of urea groups is 1. The Labute approximate surface area is 48.2 Å². The van der Waals surface area contributed by atoms with E-state index in [4.69, 9.17) is 11.5 Å². The molecule has 0 aliphatic heterocycles. The van der Waals surface area contributed by atoms with Crippen LogP contribution in [0.25, 0.3) is 0 Å². The van der Waals surface area contributed by atoms with E-state index in [1.807, 2.05) is 0 Å². The molecule has 8 heavy (non-hydrogen) atoms. The average molecular weight is 117 g/mol. The molecular formula is C4H11N3O. The van der Waals surface area contributed by atoms with Crippen molar-refractivity contribution in [2.75, 3.05) is 6.54 Å². The zero-order chi connectivity index (χ0) is 6.57. The van der Waals surface area contributed by atoms with Gasteiger partial charge in [0, 0.05) is 12.6 Å². The molecule has 1 atom stereocenters. The van der Waals surface area contributed by atoms with Gasteiger partial charge in [-0.2, -0.15) is 0 Å². The van der Waals surface area contributed by atoms with Crippen molar-refractivity contribution < 1.29 is 4.79 Å². The van der Waals surface area contributed by atoms with E-state index in [1.165, 1.54) is 0 Å². The van der Waals surface area contributed by atoms with Crippen molar-refractivity contribution in [3.05, 3.63) is 0 Å². The number of primary amides is 1. The number of rotatable bonds is 2. The van der Waals surface area contributed by atoms with Gasteiger partial charge in [-0.1, -0.05) is 0 Å². The highest BCUT2D eigenvalue weighted by Gasteiger charge is 1.93. The Hall–Kier alpha value is -0.770. The van der Waals surface area contributed by atoms with Gasteiger partial charge >= 0.3 is 6.03 Å². The van der Waals surface area contributed by atoms with Crippen molar-refractivity contribution in [1.29, 1.82) is 0 Å². The van der Waals surface area contributed by atoms with Crippen LogP contribution in [0.2, 0.25) is 0 Å². The minimum atomic E-state index is -0.526. The highest BCUT2D eigenvalue weighted by atomic mass is 16.2. The lowest BCUT2D eigenvalue weighted by molar-refractivity contribution is 0.248. The average Bonchev–Trinajstić information content (AvgIpc) is 1.61. The van der Waals surface area contributed by atoms with Crippen molar-refractivity contribution in [2.24, 2.45) is 11.5 Å². The first-order chi connectivity index (χ1) is 3.63. The lowest BCUT2D eigenvalue weighted by Crippen LogP contribution is -2.38. The molecule has 0 aromatic carbocycles. The summed E-state index contributed by atoms with van der Waals surface area (Å²) in [6.07, 6.45) is 0. The summed E-state index contributed by atoms with van der Waals surface area (Å²) >= 11 is 0. The first kappa shape index (κ1) is 7.23. The molecule has 0 rings (SSSR count). The van der Waals surface area contributed by atoms with Gasteiger partial charge < -0.3 is 16.8 Å². The standard InChI is InChI=1S/C4H11N3O/c1-3(5)2-7-4(6)8/h3H,2,5H2,1H3,(H3,6,7,8). The summed E-state index contributed by atoms with van der Waals surface area (Å²) in [6, 6.07) is -0.551. The van der Waals surface area contributed by atoms with Crippen LogP contribution in [0.3, 0.4) is 0 Å². The summed E-state index contributed by atoms with van der Waals surface area (Å²) in [7, 11) is 0. The van der Waals surface area contributed by atoms with E-state index < -0.39 is 6.03 Å². The minimum Gasteiger partial charge on any atom is -0.352 e. The zero-order valence-electron chi connectivity index (χ0n) is 4.85. The molecule has 0 spiro atoms. The summed E-state index contributed by atoms with van der Waals surface area (Å²) in [5.74, 6) is 0. The number of hydrogen-bond acceptors (Lipinski definition) is 2. The highest BCUT2D eigenvalue weighted by Crippen LogP contribution is 1.67. The van der Waals surface area contributed by atoms with Crippen molar-refractivity contribution in [2.45, 2.75) is 13.0 Å². The highest BCUT2D eigenvalue weighted by molar-refractivity contribution is 5.71. The number of carbonyl (C=O) groups is 1. The number of nitrogens with two attached hydrogens (primary N) is 2. The fourth-order valence-electron chi connectivity index (χ4n) is 0.262. The van der Waals surface area contributed by atoms with Gasteiger partial charge in [0.1, 0.15) is 0 Å². The largest absolute Gasteiger partial charge is 0.352 e. The molecule has 0 aliphatic rings. The molecule has 4 nitrogen and oxygen atoms in total. The molecule has 0 heterocycles. The fraction of sp³-hybridized carbons (Fsp3) is 0.750. The Morgan fingerprint density at radius 3 is 2.50 bits per heavy atom. The smallest absolute Gasteiger partial charge is 0.312 e. The summed E-state index contributed by atoms with van der Waals surface area (Å²) in [5, 5.41) is 2.36. The summed E-state index contributed by atoms with van der Waals surface area (Å²) < 4.78 is 0. The molecule has 0 aromatic heterocycles. The molecular weight excluding hydrogens is 106 g/mol. The summed E-state index contributed by atoms with van der Waals surface area (Å²) in [4.78, 5) is 9.96. The van der Waals surface area contributed by atoms with Crippen LogP contribution in [-0.4, -0.2) is 18.6 Å². The van der Waals surface area contributed by atoms with E-state index in [0.29, 0.717) is 6.54 Å². The molecule has 5 N–H and O–H groups in total. The third-order valence-electron chi connectivity index (χ3n) is 0.598. The molecule has 0 fully saturated rings. The first-order valence-electron chi connectivity index (χ1n) is 2.42. The third-order valence-corrected chi connectivity index (χ3v) is 0.598. The second-order valence-corrected chi connectivity index (χ2v) is 1.72. The monoisotopic (exact) mass is 117 g/mol. The SMILES string of the molecule is CC(N)CNC(N)=O. The molecule has 1 unspecified atom stereocenters. The van der Waals surface area contributed by atoms with Crippen LogP contribution in [0.15, 0.2) is 0 Å². The molecule has 48 valence electrons. The first-order valence-corrected chi connectivity index (χ1v) is 2.42. The quantitative estimate of drug-likeness (QED) is 0.433. The van der Waals surface area contributed by atoms with Crippen LogP contribution in [0, 0.1) is 0 Å². The molecule has 0 aromatic rings. The number of hydrogen-bond donors (Lipinski definition) is 3. The van der Waals surface area contributed by atoms with Gasteiger partial charge in [0.15, 0.2) is 0 Å². The van der Waals surface area contributed by atoms with Gasteiger partial charge in [-0.15, -0.1) is 0 Å². The van der Waals surface area contributed by atoms with Crippen LogP contribution < -0.4 is 16.8 Å². The van der Waals surface area contributed by atoms with Crippen LogP contribution >= 0.6 is 0 Å². The molecule has 2 amide bonds. The third kappa shape index (κ3) is 5.23. The van der Waals surface area contributed by atoms with Crippen molar-refractivity contribution >= 4 is 6.03 Å². The van der Waals surface area contributed by atoms with Crippen LogP contribution in [-0.2, 0) is 0 Å². The van der Waals surface area contributed by atoms with Gasteiger partial charge in [0.25, 0.3) is 0 Å². The van der Waals surface area contributed by atoms with E-state index >= 15 is 0 Å². The Bertz CT molecular complexity index is 81.4. The zero-order valence-corrected chi connectivity index (χ0v) is 4.85. The van der Waals surface area contributed by atoms with E-state index in [0.717, 1.165) is 0 Å². The van der Waals surface area contributed by atoms with Crippen molar-refractivity contribution in [1.82, 2.24) is 5.32 Å². The summed E-state index contributed by atoms with van der Waals surface area (Å²) in [5.41, 5.74) is 10.0. The van der Waals surface area contributed by atoms with Gasteiger partial charge in [-0.3, -0.25) is 0 Å². The van der Waals surface area contributed by atoms with Crippen LogP contribution in [0.5, 0.6) is 0 Å².